The predicted octanol–water partition coefficient (Wildman–Crippen LogP) is 1.51. The molecule has 0 radical (unpaired) electrons. The maximum atomic E-state index is 12.5. The van der Waals surface area contributed by atoms with Gasteiger partial charge in [-0.1, -0.05) is 13.8 Å². The van der Waals surface area contributed by atoms with Crippen molar-refractivity contribution in [2.24, 2.45) is 10.6 Å². The number of likely N-dealkylation sites (tertiary alicyclic amines) is 1. The lowest BCUT2D eigenvalue weighted by atomic mass is 9.93. The SMILES string of the molecule is Cc1cc(S(N)(=O)=O)ccc1C(=O)N1CCC(C)(C)C1. The Balaban J connectivity index is 2.28. The maximum Gasteiger partial charge on any atom is 0.254 e. The minimum absolute atomic E-state index is 0.0355. The summed E-state index contributed by atoms with van der Waals surface area (Å²) in [5.74, 6) is -0.0472. The number of rotatable bonds is 2. The molecule has 2 rings (SSSR count). The lowest BCUT2D eigenvalue weighted by Crippen LogP contribution is -2.30. The number of nitrogens with zero attached hydrogens (tertiary/aromatic N) is 1. The Morgan fingerprint density at radius 2 is 2.00 bits per heavy atom. The highest BCUT2D eigenvalue weighted by Crippen LogP contribution is 2.30. The molecule has 1 fully saturated rings. The van der Waals surface area contributed by atoms with Crippen LogP contribution in [-0.4, -0.2) is 32.3 Å². The number of hydrogen-bond donors (Lipinski definition) is 1. The second-order valence-electron chi connectivity index (χ2n) is 6.16. The van der Waals surface area contributed by atoms with E-state index in [1.54, 1.807) is 13.0 Å². The molecule has 0 bridgehead atoms. The number of primary sulfonamides is 1. The summed E-state index contributed by atoms with van der Waals surface area (Å²) in [7, 11) is -3.73. The molecule has 2 N–H and O–H groups in total. The molecule has 0 saturated carbocycles. The van der Waals surface area contributed by atoms with Crippen LogP contribution in [0.5, 0.6) is 0 Å². The van der Waals surface area contributed by atoms with E-state index in [1.807, 2.05) is 4.90 Å². The van der Waals surface area contributed by atoms with Gasteiger partial charge in [-0.3, -0.25) is 4.79 Å². The van der Waals surface area contributed by atoms with E-state index in [9.17, 15) is 13.2 Å². The molecule has 1 aliphatic rings. The Kier molecular flexibility index (Phi) is 3.64. The van der Waals surface area contributed by atoms with E-state index < -0.39 is 10.0 Å². The van der Waals surface area contributed by atoms with E-state index in [0.29, 0.717) is 11.1 Å². The molecule has 110 valence electrons. The number of hydrogen-bond acceptors (Lipinski definition) is 3. The lowest BCUT2D eigenvalue weighted by molar-refractivity contribution is 0.0777. The molecular formula is C14H20N2O3S. The summed E-state index contributed by atoms with van der Waals surface area (Å²) in [6, 6.07) is 4.38. The van der Waals surface area contributed by atoms with Crippen LogP contribution in [0.3, 0.4) is 0 Å². The van der Waals surface area contributed by atoms with Crippen molar-refractivity contribution in [2.45, 2.75) is 32.1 Å². The summed E-state index contributed by atoms with van der Waals surface area (Å²) in [6.07, 6.45) is 0.979. The van der Waals surface area contributed by atoms with Crippen molar-refractivity contribution in [3.8, 4) is 0 Å². The van der Waals surface area contributed by atoms with Crippen molar-refractivity contribution in [3.05, 3.63) is 29.3 Å². The van der Waals surface area contributed by atoms with Crippen LogP contribution in [0.1, 0.15) is 36.2 Å². The molecule has 5 nitrogen and oxygen atoms in total. The zero-order valence-electron chi connectivity index (χ0n) is 12.0. The lowest BCUT2D eigenvalue weighted by Gasteiger charge is -2.20. The Morgan fingerprint density at radius 1 is 1.35 bits per heavy atom. The van der Waals surface area contributed by atoms with Crippen molar-refractivity contribution in [2.75, 3.05) is 13.1 Å². The first-order chi connectivity index (χ1) is 9.10. The first-order valence-corrected chi connectivity index (χ1v) is 8.07. The monoisotopic (exact) mass is 296 g/mol. The normalized spacial score (nSPS) is 18.3. The van der Waals surface area contributed by atoms with Crippen LogP contribution in [0.2, 0.25) is 0 Å². The molecular weight excluding hydrogens is 276 g/mol. The first kappa shape index (κ1) is 15.0. The van der Waals surface area contributed by atoms with Gasteiger partial charge in [0.05, 0.1) is 4.90 Å². The number of carbonyl (C=O) groups is 1. The minimum atomic E-state index is -3.73. The quantitative estimate of drug-likeness (QED) is 0.898. The number of aryl methyl sites for hydroxylation is 1. The predicted molar refractivity (Wildman–Crippen MR) is 76.9 cm³/mol. The Bertz CT molecular complexity index is 650. The average Bonchev–Trinajstić information content (AvgIpc) is 2.67. The molecule has 1 amide bonds. The highest BCUT2D eigenvalue weighted by molar-refractivity contribution is 7.89. The van der Waals surface area contributed by atoms with Crippen molar-refractivity contribution in [3.63, 3.8) is 0 Å². The van der Waals surface area contributed by atoms with Gasteiger partial charge < -0.3 is 4.90 Å². The fourth-order valence-electron chi connectivity index (χ4n) is 2.51. The second-order valence-corrected chi connectivity index (χ2v) is 7.72. The van der Waals surface area contributed by atoms with Crippen LogP contribution in [0, 0.1) is 12.3 Å². The average molecular weight is 296 g/mol. The van der Waals surface area contributed by atoms with E-state index in [4.69, 9.17) is 5.14 Å². The Morgan fingerprint density at radius 3 is 2.45 bits per heavy atom. The molecule has 0 atom stereocenters. The van der Waals surface area contributed by atoms with Gasteiger partial charge >= 0.3 is 0 Å². The summed E-state index contributed by atoms with van der Waals surface area (Å²) in [4.78, 5) is 14.3. The number of nitrogens with two attached hydrogens (primary N) is 1. The van der Waals surface area contributed by atoms with E-state index >= 15 is 0 Å². The molecule has 0 unspecified atom stereocenters. The largest absolute Gasteiger partial charge is 0.338 e. The Hall–Kier alpha value is -1.40. The summed E-state index contributed by atoms with van der Waals surface area (Å²) >= 11 is 0. The van der Waals surface area contributed by atoms with Gasteiger partial charge in [0, 0.05) is 18.7 Å². The molecule has 1 heterocycles. The van der Waals surface area contributed by atoms with Crippen molar-refractivity contribution in [1.29, 1.82) is 0 Å². The number of benzene rings is 1. The van der Waals surface area contributed by atoms with Gasteiger partial charge in [-0.2, -0.15) is 0 Å². The fourth-order valence-corrected chi connectivity index (χ4v) is 3.11. The van der Waals surface area contributed by atoms with Crippen molar-refractivity contribution >= 4 is 15.9 Å². The van der Waals surface area contributed by atoms with Crippen LogP contribution < -0.4 is 5.14 Å². The minimum Gasteiger partial charge on any atom is -0.338 e. The molecule has 6 heteroatoms. The zero-order valence-corrected chi connectivity index (χ0v) is 12.8. The van der Waals surface area contributed by atoms with E-state index in [-0.39, 0.29) is 16.2 Å². The summed E-state index contributed by atoms with van der Waals surface area (Å²) in [6.45, 7) is 7.46. The number of sulfonamides is 1. The van der Waals surface area contributed by atoms with Crippen LogP contribution in [0.15, 0.2) is 23.1 Å². The van der Waals surface area contributed by atoms with Gasteiger partial charge in [-0.05, 0) is 42.5 Å². The van der Waals surface area contributed by atoms with Crippen LogP contribution >= 0.6 is 0 Å². The first-order valence-electron chi connectivity index (χ1n) is 6.53. The van der Waals surface area contributed by atoms with E-state index in [1.165, 1.54) is 12.1 Å². The van der Waals surface area contributed by atoms with Crippen molar-refractivity contribution in [1.82, 2.24) is 4.90 Å². The van der Waals surface area contributed by atoms with Gasteiger partial charge in [0.1, 0.15) is 0 Å². The molecule has 1 aliphatic heterocycles. The zero-order chi connectivity index (χ0) is 15.1. The molecule has 1 aromatic rings. The standard InChI is InChI=1S/C14H20N2O3S/c1-10-8-11(20(15,18)19)4-5-12(10)13(17)16-7-6-14(2,3)9-16/h4-5,8H,6-7,9H2,1-3H3,(H2,15,18,19). The summed E-state index contributed by atoms with van der Waals surface area (Å²) in [5.41, 5.74) is 1.31. The van der Waals surface area contributed by atoms with Gasteiger partial charge in [0.25, 0.3) is 5.91 Å². The van der Waals surface area contributed by atoms with Gasteiger partial charge in [-0.25, -0.2) is 13.6 Å². The molecule has 1 aromatic carbocycles. The maximum absolute atomic E-state index is 12.5. The number of amides is 1. The molecule has 1 saturated heterocycles. The highest BCUT2D eigenvalue weighted by Gasteiger charge is 2.32. The third-order valence-electron chi connectivity index (χ3n) is 3.72. The molecule has 0 aromatic heterocycles. The van der Waals surface area contributed by atoms with Gasteiger partial charge in [0.15, 0.2) is 0 Å². The third-order valence-corrected chi connectivity index (χ3v) is 4.63. The van der Waals surface area contributed by atoms with E-state index in [0.717, 1.165) is 19.5 Å². The Labute approximate surface area is 119 Å². The summed E-state index contributed by atoms with van der Waals surface area (Å²) in [5, 5.41) is 5.09. The van der Waals surface area contributed by atoms with E-state index in [2.05, 4.69) is 13.8 Å². The van der Waals surface area contributed by atoms with Gasteiger partial charge in [0.2, 0.25) is 10.0 Å². The van der Waals surface area contributed by atoms with Crippen molar-refractivity contribution < 1.29 is 13.2 Å². The van der Waals surface area contributed by atoms with Gasteiger partial charge in [-0.15, -0.1) is 0 Å². The topological polar surface area (TPSA) is 80.5 Å². The smallest absolute Gasteiger partial charge is 0.254 e. The number of carbonyl (C=O) groups excluding carboxylic acids is 1. The fraction of sp³-hybridized carbons (Fsp3) is 0.500. The molecule has 0 spiro atoms. The van der Waals surface area contributed by atoms with Crippen LogP contribution in [-0.2, 0) is 10.0 Å². The highest BCUT2D eigenvalue weighted by atomic mass is 32.2. The second kappa shape index (κ2) is 4.86. The summed E-state index contributed by atoms with van der Waals surface area (Å²) < 4.78 is 22.6. The van der Waals surface area contributed by atoms with Crippen LogP contribution in [0.25, 0.3) is 0 Å². The third kappa shape index (κ3) is 3.02. The van der Waals surface area contributed by atoms with Crippen LogP contribution in [0.4, 0.5) is 0 Å². The molecule has 0 aliphatic carbocycles. The molecule has 20 heavy (non-hydrogen) atoms.